The third kappa shape index (κ3) is 4.33. The summed E-state index contributed by atoms with van der Waals surface area (Å²) in [5, 5.41) is 8.36. The summed E-state index contributed by atoms with van der Waals surface area (Å²) in [6.07, 6.45) is 3.51. The molecule has 8 nitrogen and oxygen atoms in total. The zero-order chi connectivity index (χ0) is 22.7. The number of carbonyl (C=O) groups is 1. The summed E-state index contributed by atoms with van der Waals surface area (Å²) >= 11 is 1.55. The molecular formula is C23H23N5O3S. The van der Waals surface area contributed by atoms with Crippen molar-refractivity contribution in [3.63, 3.8) is 0 Å². The summed E-state index contributed by atoms with van der Waals surface area (Å²) in [4.78, 5) is 22.6. The van der Waals surface area contributed by atoms with Crippen molar-refractivity contribution < 1.29 is 14.3 Å². The molecule has 3 heterocycles. The first-order chi connectivity index (χ1) is 15.5. The lowest BCUT2D eigenvalue weighted by Gasteiger charge is -2.08. The van der Waals surface area contributed by atoms with E-state index in [-0.39, 0.29) is 5.91 Å². The zero-order valence-electron chi connectivity index (χ0n) is 18.2. The molecule has 0 fully saturated rings. The maximum Gasteiger partial charge on any atom is 0.269 e. The smallest absolute Gasteiger partial charge is 0.269 e. The molecule has 9 heteroatoms. The van der Waals surface area contributed by atoms with Gasteiger partial charge in [-0.15, -0.1) is 11.3 Å². The van der Waals surface area contributed by atoms with Gasteiger partial charge in [0.1, 0.15) is 22.2 Å². The minimum Gasteiger partial charge on any atom is -0.497 e. The number of thiazole rings is 1. The fourth-order valence-corrected chi connectivity index (χ4v) is 4.27. The van der Waals surface area contributed by atoms with Crippen molar-refractivity contribution in [3.8, 4) is 33.3 Å². The van der Waals surface area contributed by atoms with Gasteiger partial charge in [0.05, 0.1) is 32.2 Å². The van der Waals surface area contributed by atoms with E-state index in [9.17, 15) is 4.79 Å². The number of hydrogen-bond donors (Lipinski definition) is 1. The van der Waals surface area contributed by atoms with E-state index >= 15 is 0 Å². The third-order valence-electron chi connectivity index (χ3n) is 5.01. The van der Waals surface area contributed by atoms with Crippen molar-refractivity contribution in [2.75, 3.05) is 14.2 Å². The van der Waals surface area contributed by atoms with Crippen LogP contribution in [-0.2, 0) is 13.6 Å². The van der Waals surface area contributed by atoms with E-state index in [0.717, 1.165) is 26.7 Å². The van der Waals surface area contributed by atoms with E-state index in [1.54, 1.807) is 55.7 Å². The molecule has 0 saturated heterocycles. The van der Waals surface area contributed by atoms with Gasteiger partial charge in [-0.3, -0.25) is 14.5 Å². The molecule has 32 heavy (non-hydrogen) atoms. The third-order valence-corrected chi connectivity index (χ3v) is 6.21. The highest BCUT2D eigenvalue weighted by Crippen LogP contribution is 2.33. The van der Waals surface area contributed by atoms with E-state index in [2.05, 4.69) is 20.4 Å². The first kappa shape index (κ1) is 21.5. The molecule has 0 atom stereocenters. The summed E-state index contributed by atoms with van der Waals surface area (Å²) in [7, 11) is 4.94. The predicted octanol–water partition coefficient (Wildman–Crippen LogP) is 3.86. The molecule has 4 rings (SSSR count). The number of ether oxygens (including phenoxy) is 2. The largest absolute Gasteiger partial charge is 0.497 e. The molecule has 1 N–H and O–H groups in total. The van der Waals surface area contributed by atoms with Gasteiger partial charge in [-0.05, 0) is 43.3 Å². The lowest BCUT2D eigenvalue weighted by Crippen LogP contribution is -2.25. The number of nitrogens with one attached hydrogen (secondary N) is 1. The summed E-state index contributed by atoms with van der Waals surface area (Å²) in [5.74, 6) is 1.12. The number of rotatable bonds is 7. The Hall–Kier alpha value is -3.72. The van der Waals surface area contributed by atoms with Crippen molar-refractivity contribution in [3.05, 3.63) is 65.1 Å². The lowest BCUT2D eigenvalue weighted by molar-refractivity contribution is 0.0942. The summed E-state index contributed by atoms with van der Waals surface area (Å²) in [6.45, 7) is 2.32. The molecule has 4 aromatic rings. The fourth-order valence-electron chi connectivity index (χ4n) is 3.28. The number of benzene rings is 1. The molecule has 0 unspecified atom stereocenters. The topological polar surface area (TPSA) is 91.2 Å². The van der Waals surface area contributed by atoms with Gasteiger partial charge in [-0.25, -0.2) is 4.98 Å². The molecule has 164 valence electrons. The Morgan fingerprint density at radius 3 is 2.75 bits per heavy atom. The number of amides is 1. The molecule has 0 aliphatic rings. The van der Waals surface area contributed by atoms with Gasteiger partial charge in [0.2, 0.25) is 0 Å². The Balaban J connectivity index is 1.52. The van der Waals surface area contributed by atoms with Crippen LogP contribution in [0.25, 0.3) is 21.8 Å². The minimum absolute atomic E-state index is 0.219. The molecule has 0 radical (unpaired) electrons. The minimum atomic E-state index is -0.219. The van der Waals surface area contributed by atoms with E-state index in [1.807, 2.05) is 37.3 Å². The van der Waals surface area contributed by atoms with Crippen LogP contribution in [0.2, 0.25) is 0 Å². The molecule has 3 aromatic heterocycles. The SMILES string of the molecule is COc1ccc(OC)c(-c2cc(C(=O)NCc3sc(-c4cccnc4)nc3C)n(C)n2)c1. The molecular weight excluding hydrogens is 426 g/mol. The van der Waals surface area contributed by atoms with Gasteiger partial charge in [0.15, 0.2) is 0 Å². The van der Waals surface area contributed by atoms with E-state index in [4.69, 9.17) is 9.47 Å². The van der Waals surface area contributed by atoms with Crippen LogP contribution in [0.3, 0.4) is 0 Å². The number of carbonyl (C=O) groups excluding carboxylic acids is 1. The fraction of sp³-hybridized carbons (Fsp3) is 0.217. The van der Waals surface area contributed by atoms with Crippen molar-refractivity contribution >= 4 is 17.2 Å². The van der Waals surface area contributed by atoms with Crippen LogP contribution >= 0.6 is 11.3 Å². The standard InChI is InChI=1S/C23H23N5O3S/c1-14-21(32-23(26-14)15-6-5-9-24-12-15)13-25-22(29)19-11-18(27-28(19)2)17-10-16(30-3)7-8-20(17)31-4/h5-12H,13H2,1-4H3,(H,25,29). The maximum absolute atomic E-state index is 12.9. The molecule has 1 amide bonds. The molecule has 0 spiro atoms. The van der Waals surface area contributed by atoms with Crippen molar-refractivity contribution in [1.82, 2.24) is 25.1 Å². The number of pyridine rings is 1. The predicted molar refractivity (Wildman–Crippen MR) is 123 cm³/mol. The van der Waals surface area contributed by atoms with E-state index in [1.165, 1.54) is 0 Å². The van der Waals surface area contributed by atoms with Crippen LogP contribution < -0.4 is 14.8 Å². The second-order valence-electron chi connectivity index (χ2n) is 7.06. The second-order valence-corrected chi connectivity index (χ2v) is 8.14. The molecule has 1 aromatic carbocycles. The number of nitrogens with zero attached hydrogens (tertiary/aromatic N) is 4. The Labute approximate surface area is 189 Å². The highest BCUT2D eigenvalue weighted by Gasteiger charge is 2.18. The number of aryl methyl sites for hydroxylation is 2. The van der Waals surface area contributed by atoms with Crippen LogP contribution in [0.15, 0.2) is 48.8 Å². The molecule has 0 aliphatic heterocycles. The number of aromatic nitrogens is 4. The molecule has 0 aliphatic carbocycles. The highest BCUT2D eigenvalue weighted by molar-refractivity contribution is 7.15. The van der Waals surface area contributed by atoms with Gasteiger partial charge >= 0.3 is 0 Å². The summed E-state index contributed by atoms with van der Waals surface area (Å²) in [5.41, 5.74) is 3.67. The van der Waals surface area contributed by atoms with Crippen molar-refractivity contribution in [1.29, 1.82) is 0 Å². The van der Waals surface area contributed by atoms with Crippen LogP contribution in [-0.4, -0.2) is 39.9 Å². The van der Waals surface area contributed by atoms with Gasteiger partial charge in [0.25, 0.3) is 5.91 Å². The van der Waals surface area contributed by atoms with E-state index < -0.39 is 0 Å². The van der Waals surface area contributed by atoms with Gasteiger partial charge in [-0.2, -0.15) is 5.10 Å². The first-order valence-corrected chi connectivity index (χ1v) is 10.7. The van der Waals surface area contributed by atoms with Crippen molar-refractivity contribution in [2.24, 2.45) is 7.05 Å². The molecule has 0 saturated carbocycles. The summed E-state index contributed by atoms with van der Waals surface area (Å²) < 4.78 is 12.3. The zero-order valence-corrected chi connectivity index (χ0v) is 19.1. The Kier molecular flexibility index (Phi) is 6.18. The lowest BCUT2D eigenvalue weighted by atomic mass is 10.1. The van der Waals surface area contributed by atoms with Crippen LogP contribution in [0.5, 0.6) is 11.5 Å². The normalized spacial score (nSPS) is 10.8. The van der Waals surface area contributed by atoms with Gasteiger partial charge in [-0.1, -0.05) is 0 Å². The van der Waals surface area contributed by atoms with Gasteiger partial charge in [0, 0.05) is 35.4 Å². The Morgan fingerprint density at radius 1 is 1.19 bits per heavy atom. The van der Waals surface area contributed by atoms with Crippen LogP contribution in [0.1, 0.15) is 21.1 Å². The summed E-state index contributed by atoms with van der Waals surface area (Å²) in [6, 6.07) is 11.1. The quantitative estimate of drug-likeness (QED) is 0.461. The Bertz CT molecular complexity index is 1250. The number of hydrogen-bond acceptors (Lipinski definition) is 7. The average molecular weight is 450 g/mol. The van der Waals surface area contributed by atoms with Crippen LogP contribution in [0.4, 0.5) is 0 Å². The average Bonchev–Trinajstić information content (AvgIpc) is 3.40. The highest BCUT2D eigenvalue weighted by atomic mass is 32.1. The maximum atomic E-state index is 12.9. The first-order valence-electron chi connectivity index (χ1n) is 9.91. The molecule has 0 bridgehead atoms. The van der Waals surface area contributed by atoms with Crippen molar-refractivity contribution in [2.45, 2.75) is 13.5 Å². The monoisotopic (exact) mass is 449 g/mol. The van der Waals surface area contributed by atoms with Gasteiger partial charge < -0.3 is 14.8 Å². The van der Waals surface area contributed by atoms with Crippen LogP contribution in [0, 0.1) is 6.92 Å². The number of methoxy groups -OCH3 is 2. The Morgan fingerprint density at radius 2 is 2.03 bits per heavy atom. The van der Waals surface area contributed by atoms with E-state index in [0.29, 0.717) is 29.4 Å². The second kappa shape index (κ2) is 9.19.